The highest BCUT2D eigenvalue weighted by molar-refractivity contribution is 8.45. The number of aliphatic hydroxyl groups excluding tert-OH is 1. The standard InChI is InChI=1S/C22H20F5N3O3S2/c23-35(24,25,26,27)14-4-1-3-13(11-14)18(31)20(33)30-9-6-16-15(12-30)19(32)29-21(28-16)22(7-8-22)17-5-2-10-34-17/h1-5,10-11,18,31H,6-9,12H2,(H,28,29,32). The number of amides is 1. The van der Waals surface area contributed by atoms with Crippen molar-refractivity contribution in [3.05, 3.63) is 79.7 Å². The molecule has 3 heterocycles. The van der Waals surface area contributed by atoms with Gasteiger partial charge in [0.05, 0.1) is 23.2 Å². The predicted molar refractivity (Wildman–Crippen MR) is 121 cm³/mol. The van der Waals surface area contributed by atoms with E-state index in [1.54, 1.807) is 11.3 Å². The summed E-state index contributed by atoms with van der Waals surface area (Å²) in [6.45, 7) is -0.146. The van der Waals surface area contributed by atoms with Crippen molar-refractivity contribution in [1.82, 2.24) is 14.9 Å². The van der Waals surface area contributed by atoms with E-state index in [-0.39, 0.29) is 42.6 Å². The first-order valence-electron chi connectivity index (χ1n) is 10.7. The van der Waals surface area contributed by atoms with Crippen molar-refractivity contribution in [2.24, 2.45) is 0 Å². The lowest BCUT2D eigenvalue weighted by Gasteiger charge is -2.40. The van der Waals surface area contributed by atoms with Crippen LogP contribution >= 0.6 is 21.6 Å². The van der Waals surface area contributed by atoms with Gasteiger partial charge in [-0.2, -0.15) is 0 Å². The Labute approximate surface area is 200 Å². The third-order valence-electron chi connectivity index (χ3n) is 6.43. The van der Waals surface area contributed by atoms with Gasteiger partial charge in [0.15, 0.2) is 6.10 Å². The molecule has 2 aromatic heterocycles. The van der Waals surface area contributed by atoms with Gasteiger partial charge >= 0.3 is 10.2 Å². The van der Waals surface area contributed by atoms with E-state index < -0.39 is 38.3 Å². The molecule has 1 amide bonds. The van der Waals surface area contributed by atoms with Crippen molar-refractivity contribution >= 4 is 27.5 Å². The number of nitrogens with zero attached hydrogens (tertiary/aromatic N) is 2. The Morgan fingerprint density at radius 3 is 2.54 bits per heavy atom. The maximum Gasteiger partial charge on any atom is 0.310 e. The second-order valence-corrected chi connectivity index (χ2v) is 12.2. The van der Waals surface area contributed by atoms with Gasteiger partial charge in [0, 0.05) is 17.8 Å². The minimum Gasteiger partial charge on any atom is -0.378 e. The second kappa shape index (κ2) is 7.14. The van der Waals surface area contributed by atoms with Crippen LogP contribution in [0.15, 0.2) is 51.5 Å². The molecular weight excluding hydrogens is 513 g/mol. The molecule has 35 heavy (non-hydrogen) atoms. The van der Waals surface area contributed by atoms with Gasteiger partial charge in [0.1, 0.15) is 10.7 Å². The lowest BCUT2D eigenvalue weighted by atomic mass is 10.0. The monoisotopic (exact) mass is 533 g/mol. The maximum atomic E-state index is 13.1. The Balaban J connectivity index is 1.39. The highest BCUT2D eigenvalue weighted by atomic mass is 32.5. The number of halogens is 5. The number of H-pyrrole nitrogens is 1. The molecule has 1 fully saturated rings. The fourth-order valence-electron chi connectivity index (χ4n) is 4.36. The number of hydrogen-bond donors (Lipinski definition) is 2. The number of fused-ring (bicyclic) bond motifs is 1. The Bertz CT molecular complexity index is 1390. The third-order valence-corrected chi connectivity index (χ3v) is 8.65. The Kier molecular flexibility index (Phi) is 4.88. The van der Waals surface area contributed by atoms with Crippen molar-refractivity contribution in [3.63, 3.8) is 0 Å². The molecule has 0 bridgehead atoms. The zero-order valence-electron chi connectivity index (χ0n) is 18.0. The summed E-state index contributed by atoms with van der Waals surface area (Å²) in [6.07, 6.45) is -0.193. The molecule has 1 aromatic carbocycles. The molecule has 0 spiro atoms. The Morgan fingerprint density at radius 2 is 1.91 bits per heavy atom. The average Bonchev–Trinajstić information content (AvgIpc) is 3.42. The first-order chi connectivity index (χ1) is 16.2. The highest BCUT2D eigenvalue weighted by Gasteiger charge is 2.65. The minimum absolute atomic E-state index is 0.0615. The summed E-state index contributed by atoms with van der Waals surface area (Å²) in [5.41, 5.74) is -0.612. The summed E-state index contributed by atoms with van der Waals surface area (Å²) in [6, 6.07) is 5.88. The highest BCUT2D eigenvalue weighted by Crippen LogP contribution is 3.02. The summed E-state index contributed by atoms with van der Waals surface area (Å²) < 4.78 is 65.7. The molecule has 13 heteroatoms. The molecule has 3 aromatic rings. The van der Waals surface area contributed by atoms with Crippen LogP contribution in [-0.4, -0.2) is 32.4 Å². The second-order valence-electron chi connectivity index (χ2n) is 8.85. The number of benzene rings is 1. The first kappa shape index (κ1) is 23.9. The number of aliphatic hydroxyl groups is 1. The van der Waals surface area contributed by atoms with Crippen LogP contribution in [0, 0.1) is 0 Å². The predicted octanol–water partition coefficient (Wildman–Crippen LogP) is 5.19. The minimum atomic E-state index is -9.98. The number of nitrogens with one attached hydrogen (secondary N) is 1. The summed E-state index contributed by atoms with van der Waals surface area (Å²) in [7, 11) is -9.98. The third kappa shape index (κ3) is 4.36. The van der Waals surface area contributed by atoms with E-state index in [4.69, 9.17) is 0 Å². The molecule has 1 aliphatic heterocycles. The molecular formula is C22H20F5N3O3S2. The number of aromatic nitrogens is 2. The summed E-state index contributed by atoms with van der Waals surface area (Å²) in [5, 5.41) is 12.3. The zero-order chi connectivity index (χ0) is 25.3. The van der Waals surface area contributed by atoms with E-state index in [2.05, 4.69) is 9.97 Å². The van der Waals surface area contributed by atoms with Gasteiger partial charge in [-0.05, 0) is 42.0 Å². The van der Waals surface area contributed by atoms with Crippen molar-refractivity contribution in [3.8, 4) is 0 Å². The number of rotatable bonds is 5. The summed E-state index contributed by atoms with van der Waals surface area (Å²) in [4.78, 5) is 33.2. The Hall–Kier alpha value is -2.77. The van der Waals surface area contributed by atoms with Crippen LogP contribution in [0.2, 0.25) is 0 Å². The lowest BCUT2D eigenvalue weighted by Crippen LogP contribution is -2.42. The van der Waals surface area contributed by atoms with Crippen LogP contribution in [-0.2, 0) is 23.2 Å². The van der Waals surface area contributed by atoms with Crippen molar-refractivity contribution < 1.29 is 29.3 Å². The molecule has 1 aliphatic carbocycles. The van der Waals surface area contributed by atoms with Crippen molar-refractivity contribution in [2.45, 2.75) is 42.2 Å². The molecule has 5 rings (SSSR count). The number of carbonyl (C=O) groups excluding carboxylic acids is 1. The smallest absolute Gasteiger partial charge is 0.310 e. The molecule has 1 atom stereocenters. The van der Waals surface area contributed by atoms with Crippen LogP contribution in [0.4, 0.5) is 19.4 Å². The average molecular weight is 534 g/mol. The van der Waals surface area contributed by atoms with Gasteiger partial charge in [-0.3, -0.25) is 9.59 Å². The Morgan fingerprint density at radius 1 is 1.17 bits per heavy atom. The van der Waals surface area contributed by atoms with Gasteiger partial charge in [-0.25, -0.2) is 4.98 Å². The molecule has 188 valence electrons. The number of thiophene rings is 1. The molecule has 0 saturated heterocycles. The first-order valence-corrected chi connectivity index (χ1v) is 13.5. The number of carbonyl (C=O) groups is 1. The maximum absolute atomic E-state index is 13.1. The van der Waals surface area contributed by atoms with Crippen LogP contribution in [0.5, 0.6) is 0 Å². The molecule has 1 unspecified atom stereocenters. The molecule has 0 radical (unpaired) electrons. The zero-order valence-corrected chi connectivity index (χ0v) is 19.7. The van der Waals surface area contributed by atoms with E-state index in [0.29, 0.717) is 17.6 Å². The summed E-state index contributed by atoms with van der Waals surface area (Å²) in [5.74, 6) is -0.424. The molecule has 2 N–H and O–H groups in total. The quantitative estimate of drug-likeness (QED) is 0.442. The van der Waals surface area contributed by atoms with Crippen LogP contribution in [0.3, 0.4) is 0 Å². The van der Waals surface area contributed by atoms with E-state index >= 15 is 0 Å². The van der Waals surface area contributed by atoms with E-state index in [1.165, 1.54) is 0 Å². The molecule has 1 saturated carbocycles. The SMILES string of the molecule is O=C(C(O)c1cccc(S(F)(F)(F)(F)F)c1)N1CCc2nc(C3(c4cccs4)CC3)[nH]c(=O)c2C1. The van der Waals surface area contributed by atoms with Crippen molar-refractivity contribution in [2.75, 3.05) is 6.54 Å². The van der Waals surface area contributed by atoms with E-state index in [1.807, 2.05) is 17.5 Å². The topological polar surface area (TPSA) is 86.3 Å². The van der Waals surface area contributed by atoms with Crippen molar-refractivity contribution in [1.29, 1.82) is 0 Å². The molecule has 2 aliphatic rings. The van der Waals surface area contributed by atoms with Gasteiger partial charge in [-0.15, -0.1) is 11.3 Å². The fraction of sp³-hybridized carbons (Fsp3) is 0.318. The van der Waals surface area contributed by atoms with Gasteiger partial charge in [0.2, 0.25) is 0 Å². The lowest BCUT2D eigenvalue weighted by molar-refractivity contribution is -0.141. The number of hydrogen-bond acceptors (Lipinski definition) is 5. The van der Waals surface area contributed by atoms with Gasteiger partial charge < -0.3 is 15.0 Å². The number of aromatic amines is 1. The normalized spacial score (nSPS) is 19.9. The van der Waals surface area contributed by atoms with Gasteiger partial charge in [-0.1, -0.05) is 37.6 Å². The largest absolute Gasteiger partial charge is 0.378 e. The molecule has 6 nitrogen and oxygen atoms in total. The van der Waals surface area contributed by atoms with E-state index in [9.17, 15) is 34.1 Å². The fourth-order valence-corrected chi connectivity index (χ4v) is 6.04. The van der Waals surface area contributed by atoms with Crippen LogP contribution < -0.4 is 5.56 Å². The van der Waals surface area contributed by atoms with E-state index in [0.717, 1.165) is 28.7 Å². The van der Waals surface area contributed by atoms with Crippen LogP contribution in [0.25, 0.3) is 0 Å². The summed E-state index contributed by atoms with van der Waals surface area (Å²) >= 11 is 1.58. The van der Waals surface area contributed by atoms with Gasteiger partial charge in [0.25, 0.3) is 11.5 Å². The van der Waals surface area contributed by atoms with Crippen LogP contribution in [0.1, 0.15) is 46.5 Å².